The predicted octanol–water partition coefficient (Wildman–Crippen LogP) is 2.51. The molecule has 0 heterocycles. The maximum absolute atomic E-state index is 12.4. The molecular formula is C19H24N2O6S. The lowest BCUT2D eigenvalue weighted by Gasteiger charge is -2.19. The van der Waals surface area contributed by atoms with Gasteiger partial charge in [-0.1, -0.05) is 0 Å². The van der Waals surface area contributed by atoms with Gasteiger partial charge in [-0.2, -0.15) is 0 Å². The minimum Gasteiger partial charge on any atom is -0.497 e. The third-order valence-electron chi connectivity index (χ3n) is 4.05. The fourth-order valence-electron chi connectivity index (χ4n) is 2.32. The Bertz CT molecular complexity index is 928. The number of carbonyl (C=O) groups excluding carboxylic acids is 1. The van der Waals surface area contributed by atoms with Gasteiger partial charge in [0.15, 0.2) is 6.10 Å². The average molecular weight is 408 g/mol. The summed E-state index contributed by atoms with van der Waals surface area (Å²) in [7, 11) is 1.16. The minimum atomic E-state index is -3.34. The van der Waals surface area contributed by atoms with Crippen LogP contribution in [0.1, 0.15) is 6.92 Å². The van der Waals surface area contributed by atoms with Crippen molar-refractivity contribution < 1.29 is 27.4 Å². The smallest absolute Gasteiger partial charge is 0.265 e. The van der Waals surface area contributed by atoms with E-state index in [-0.39, 0.29) is 5.91 Å². The lowest BCUT2D eigenvalue weighted by molar-refractivity contribution is -0.122. The number of carbonyl (C=O) groups is 1. The van der Waals surface area contributed by atoms with E-state index in [4.69, 9.17) is 14.2 Å². The molecule has 0 aliphatic carbocycles. The predicted molar refractivity (Wildman–Crippen MR) is 108 cm³/mol. The van der Waals surface area contributed by atoms with E-state index in [0.29, 0.717) is 28.6 Å². The highest BCUT2D eigenvalue weighted by Crippen LogP contribution is 2.29. The third-order valence-corrected chi connectivity index (χ3v) is 5.25. The molecule has 1 amide bonds. The first-order chi connectivity index (χ1) is 13.2. The molecule has 0 spiro atoms. The first-order valence-corrected chi connectivity index (χ1v) is 10.2. The Labute approximate surface area is 165 Å². The van der Waals surface area contributed by atoms with Crippen LogP contribution in [0.3, 0.4) is 0 Å². The van der Waals surface area contributed by atoms with Crippen LogP contribution in [0.25, 0.3) is 0 Å². The van der Waals surface area contributed by atoms with E-state index in [1.165, 1.54) is 14.2 Å². The largest absolute Gasteiger partial charge is 0.497 e. The number of ether oxygens (including phenoxy) is 3. The van der Waals surface area contributed by atoms with Gasteiger partial charge in [0.05, 0.1) is 31.9 Å². The molecule has 2 aromatic carbocycles. The number of benzene rings is 2. The van der Waals surface area contributed by atoms with Crippen LogP contribution in [0.15, 0.2) is 42.5 Å². The Morgan fingerprint density at radius 2 is 1.64 bits per heavy atom. The number of anilines is 2. The van der Waals surface area contributed by atoms with Gasteiger partial charge in [-0.05, 0) is 43.3 Å². The third kappa shape index (κ3) is 5.29. The van der Waals surface area contributed by atoms with Gasteiger partial charge in [-0.25, -0.2) is 8.42 Å². The molecule has 0 saturated carbocycles. The van der Waals surface area contributed by atoms with E-state index in [1.807, 2.05) is 0 Å². The summed E-state index contributed by atoms with van der Waals surface area (Å²) in [6.07, 6.45) is 0.336. The second-order valence-corrected chi connectivity index (χ2v) is 8.05. The molecule has 2 aromatic rings. The summed E-state index contributed by atoms with van der Waals surface area (Å²) in [6.45, 7) is 1.61. The summed E-state index contributed by atoms with van der Waals surface area (Å²) < 4.78 is 40.3. The SMILES string of the molecule is COc1ccc(NC(=O)[C@H](C)Oc2ccc(N(C)S(C)(=O)=O)cc2)c(OC)c1. The van der Waals surface area contributed by atoms with Crippen molar-refractivity contribution in [3.63, 3.8) is 0 Å². The maximum atomic E-state index is 12.4. The van der Waals surface area contributed by atoms with Crippen molar-refractivity contribution in [2.45, 2.75) is 13.0 Å². The second-order valence-electron chi connectivity index (χ2n) is 6.04. The van der Waals surface area contributed by atoms with Crippen LogP contribution in [0.4, 0.5) is 11.4 Å². The molecular weight excluding hydrogens is 384 g/mol. The molecule has 1 atom stereocenters. The summed E-state index contributed by atoms with van der Waals surface area (Å²) >= 11 is 0. The molecule has 152 valence electrons. The summed E-state index contributed by atoms with van der Waals surface area (Å²) in [5.41, 5.74) is 0.990. The van der Waals surface area contributed by atoms with Gasteiger partial charge in [0, 0.05) is 13.1 Å². The Morgan fingerprint density at radius 1 is 1.04 bits per heavy atom. The Morgan fingerprint density at radius 3 is 2.18 bits per heavy atom. The minimum absolute atomic E-state index is 0.360. The van der Waals surface area contributed by atoms with E-state index in [1.54, 1.807) is 56.5 Å². The lowest BCUT2D eigenvalue weighted by atomic mass is 10.2. The maximum Gasteiger partial charge on any atom is 0.265 e. The van der Waals surface area contributed by atoms with E-state index >= 15 is 0 Å². The Kier molecular flexibility index (Phi) is 6.74. The number of hydrogen-bond acceptors (Lipinski definition) is 6. The van der Waals surface area contributed by atoms with Crippen molar-refractivity contribution in [2.24, 2.45) is 0 Å². The zero-order chi connectivity index (χ0) is 20.9. The molecule has 2 rings (SSSR count). The van der Waals surface area contributed by atoms with Crippen molar-refractivity contribution in [1.29, 1.82) is 0 Å². The molecule has 0 unspecified atom stereocenters. The molecule has 0 aliphatic heterocycles. The van der Waals surface area contributed by atoms with E-state index < -0.39 is 16.1 Å². The highest BCUT2D eigenvalue weighted by molar-refractivity contribution is 7.92. The first-order valence-electron chi connectivity index (χ1n) is 8.39. The van der Waals surface area contributed by atoms with Crippen LogP contribution in [0.2, 0.25) is 0 Å². The van der Waals surface area contributed by atoms with Gasteiger partial charge >= 0.3 is 0 Å². The Hall–Kier alpha value is -2.94. The normalized spacial score (nSPS) is 12.0. The van der Waals surface area contributed by atoms with Gasteiger partial charge in [0.1, 0.15) is 17.2 Å². The molecule has 8 nitrogen and oxygen atoms in total. The van der Waals surface area contributed by atoms with Crippen LogP contribution >= 0.6 is 0 Å². The van der Waals surface area contributed by atoms with Gasteiger partial charge in [0.25, 0.3) is 5.91 Å². The van der Waals surface area contributed by atoms with E-state index in [9.17, 15) is 13.2 Å². The van der Waals surface area contributed by atoms with Gasteiger partial charge in [0.2, 0.25) is 10.0 Å². The highest BCUT2D eigenvalue weighted by atomic mass is 32.2. The summed E-state index contributed by atoms with van der Waals surface area (Å²) in [5, 5.41) is 2.75. The number of hydrogen-bond donors (Lipinski definition) is 1. The fourth-order valence-corrected chi connectivity index (χ4v) is 2.82. The molecule has 0 bridgehead atoms. The van der Waals surface area contributed by atoms with Crippen LogP contribution in [-0.4, -0.2) is 48.0 Å². The number of amides is 1. The lowest BCUT2D eigenvalue weighted by Crippen LogP contribution is -2.30. The number of rotatable bonds is 8. The van der Waals surface area contributed by atoms with Gasteiger partial charge in [-0.15, -0.1) is 0 Å². The number of sulfonamides is 1. The number of nitrogens with one attached hydrogen (secondary N) is 1. The molecule has 28 heavy (non-hydrogen) atoms. The van der Waals surface area contributed by atoms with Crippen molar-refractivity contribution in [1.82, 2.24) is 0 Å². The van der Waals surface area contributed by atoms with Gasteiger partial charge < -0.3 is 19.5 Å². The first kappa shape index (κ1) is 21.4. The molecule has 1 N–H and O–H groups in total. The summed E-state index contributed by atoms with van der Waals surface area (Å²) in [5.74, 6) is 1.15. The van der Waals surface area contributed by atoms with Crippen LogP contribution in [0, 0.1) is 0 Å². The monoisotopic (exact) mass is 408 g/mol. The average Bonchev–Trinajstić information content (AvgIpc) is 2.67. The number of nitrogens with zero attached hydrogens (tertiary/aromatic N) is 1. The van der Waals surface area contributed by atoms with Crippen molar-refractivity contribution in [3.8, 4) is 17.2 Å². The molecule has 0 aromatic heterocycles. The van der Waals surface area contributed by atoms with E-state index in [2.05, 4.69) is 5.32 Å². The Balaban J connectivity index is 2.05. The van der Waals surface area contributed by atoms with Crippen molar-refractivity contribution in [2.75, 3.05) is 37.1 Å². The highest BCUT2D eigenvalue weighted by Gasteiger charge is 2.18. The molecule has 0 fully saturated rings. The molecule has 0 aliphatic rings. The molecule has 0 radical (unpaired) electrons. The quantitative estimate of drug-likeness (QED) is 0.721. The topological polar surface area (TPSA) is 94.2 Å². The summed E-state index contributed by atoms with van der Waals surface area (Å²) in [6, 6.07) is 11.5. The zero-order valence-corrected chi connectivity index (χ0v) is 17.2. The fraction of sp³-hybridized carbons (Fsp3) is 0.316. The second kappa shape index (κ2) is 8.83. The van der Waals surface area contributed by atoms with Crippen molar-refractivity contribution >= 4 is 27.3 Å². The zero-order valence-electron chi connectivity index (χ0n) is 16.4. The van der Waals surface area contributed by atoms with Gasteiger partial charge in [-0.3, -0.25) is 9.10 Å². The standard InChI is InChI=1S/C19H24N2O6S/c1-13(19(22)20-17-11-10-16(25-3)12-18(17)26-4)27-15-8-6-14(7-9-15)21(2)28(5,23)24/h6-13H,1-5H3,(H,20,22)/t13-/m0/s1. The summed E-state index contributed by atoms with van der Waals surface area (Å²) in [4.78, 5) is 12.4. The number of methoxy groups -OCH3 is 2. The van der Waals surface area contributed by atoms with E-state index in [0.717, 1.165) is 10.6 Å². The van der Waals surface area contributed by atoms with Crippen LogP contribution in [0.5, 0.6) is 17.2 Å². The molecule has 9 heteroatoms. The van der Waals surface area contributed by atoms with Crippen molar-refractivity contribution in [3.05, 3.63) is 42.5 Å². The van der Waals surface area contributed by atoms with Crippen LogP contribution in [-0.2, 0) is 14.8 Å². The molecule has 0 saturated heterocycles. The van der Waals surface area contributed by atoms with Crippen LogP contribution < -0.4 is 23.8 Å².